The average Bonchev–Trinajstić information content (AvgIpc) is 2.18. The SMILES string of the molecule is C=CCC[C@@H](N)c1cc(C)ccc1O. The highest BCUT2D eigenvalue weighted by Gasteiger charge is 2.09. The van der Waals surface area contributed by atoms with E-state index in [1.165, 1.54) is 0 Å². The van der Waals surface area contributed by atoms with Crippen LogP contribution < -0.4 is 5.73 Å². The molecule has 0 aliphatic heterocycles. The zero-order valence-corrected chi connectivity index (χ0v) is 8.53. The van der Waals surface area contributed by atoms with Crippen LogP contribution in [0.1, 0.15) is 30.0 Å². The van der Waals surface area contributed by atoms with Gasteiger partial charge in [0.25, 0.3) is 0 Å². The smallest absolute Gasteiger partial charge is 0.120 e. The Morgan fingerprint density at radius 1 is 1.57 bits per heavy atom. The number of hydrogen-bond acceptors (Lipinski definition) is 2. The van der Waals surface area contributed by atoms with Crippen molar-refractivity contribution in [2.45, 2.75) is 25.8 Å². The predicted molar refractivity (Wildman–Crippen MR) is 59.2 cm³/mol. The zero-order chi connectivity index (χ0) is 10.6. The van der Waals surface area contributed by atoms with Gasteiger partial charge in [0.15, 0.2) is 0 Å². The van der Waals surface area contributed by atoms with Crippen LogP contribution >= 0.6 is 0 Å². The lowest BCUT2D eigenvalue weighted by Crippen LogP contribution is -2.10. The quantitative estimate of drug-likeness (QED) is 0.719. The first-order valence-electron chi connectivity index (χ1n) is 4.81. The highest BCUT2D eigenvalue weighted by atomic mass is 16.3. The molecule has 0 saturated carbocycles. The molecule has 0 aromatic heterocycles. The van der Waals surface area contributed by atoms with Crippen LogP contribution in [0.4, 0.5) is 0 Å². The van der Waals surface area contributed by atoms with Crippen LogP contribution in [0.15, 0.2) is 30.9 Å². The van der Waals surface area contributed by atoms with Gasteiger partial charge in [-0.2, -0.15) is 0 Å². The van der Waals surface area contributed by atoms with Crippen molar-refractivity contribution in [2.75, 3.05) is 0 Å². The van der Waals surface area contributed by atoms with Gasteiger partial charge in [0.1, 0.15) is 5.75 Å². The monoisotopic (exact) mass is 191 g/mol. The van der Waals surface area contributed by atoms with Gasteiger partial charge in [-0.15, -0.1) is 6.58 Å². The third kappa shape index (κ3) is 2.60. The molecule has 0 fully saturated rings. The highest BCUT2D eigenvalue weighted by molar-refractivity contribution is 5.37. The number of phenols is 1. The highest BCUT2D eigenvalue weighted by Crippen LogP contribution is 2.26. The van der Waals surface area contributed by atoms with E-state index in [9.17, 15) is 5.11 Å². The fourth-order valence-corrected chi connectivity index (χ4v) is 1.42. The van der Waals surface area contributed by atoms with Crippen LogP contribution in [0.3, 0.4) is 0 Å². The first-order valence-corrected chi connectivity index (χ1v) is 4.81. The predicted octanol–water partition coefficient (Wildman–Crippen LogP) is 2.67. The van der Waals surface area contributed by atoms with Crippen molar-refractivity contribution in [2.24, 2.45) is 5.73 Å². The first kappa shape index (κ1) is 10.8. The Morgan fingerprint density at radius 2 is 2.29 bits per heavy atom. The summed E-state index contributed by atoms with van der Waals surface area (Å²) in [5.74, 6) is 0.284. The lowest BCUT2D eigenvalue weighted by atomic mass is 10.00. The van der Waals surface area contributed by atoms with E-state index in [1.807, 2.05) is 25.1 Å². The second kappa shape index (κ2) is 4.82. The van der Waals surface area contributed by atoms with Gasteiger partial charge in [-0.1, -0.05) is 23.8 Å². The van der Waals surface area contributed by atoms with Crippen LogP contribution in [0.2, 0.25) is 0 Å². The lowest BCUT2D eigenvalue weighted by molar-refractivity contribution is 0.458. The van der Waals surface area contributed by atoms with E-state index in [0.29, 0.717) is 0 Å². The summed E-state index contributed by atoms with van der Waals surface area (Å²) in [6, 6.07) is 5.40. The van der Waals surface area contributed by atoms with Crippen LogP contribution in [0, 0.1) is 6.92 Å². The molecule has 0 bridgehead atoms. The molecule has 0 unspecified atom stereocenters. The third-order valence-corrected chi connectivity index (χ3v) is 2.26. The molecule has 1 aromatic carbocycles. The molecule has 1 rings (SSSR count). The molecular formula is C12H17NO. The first-order chi connectivity index (χ1) is 6.65. The van der Waals surface area contributed by atoms with Crippen molar-refractivity contribution in [3.8, 4) is 5.75 Å². The van der Waals surface area contributed by atoms with Crippen molar-refractivity contribution in [1.82, 2.24) is 0 Å². The van der Waals surface area contributed by atoms with Gasteiger partial charge in [0.05, 0.1) is 0 Å². The fourth-order valence-electron chi connectivity index (χ4n) is 1.42. The minimum atomic E-state index is -0.104. The molecule has 2 heteroatoms. The summed E-state index contributed by atoms with van der Waals surface area (Å²) in [5.41, 5.74) is 7.89. The average molecular weight is 191 g/mol. The van der Waals surface area contributed by atoms with E-state index in [1.54, 1.807) is 6.07 Å². The molecule has 0 aliphatic carbocycles. The van der Waals surface area contributed by atoms with Crippen molar-refractivity contribution >= 4 is 0 Å². The molecule has 0 aliphatic rings. The maximum atomic E-state index is 9.60. The Balaban J connectivity index is 2.82. The molecular weight excluding hydrogens is 174 g/mol. The number of rotatable bonds is 4. The van der Waals surface area contributed by atoms with Crippen LogP contribution in [-0.4, -0.2) is 5.11 Å². The summed E-state index contributed by atoms with van der Waals surface area (Å²) in [6.07, 6.45) is 3.53. The normalized spacial score (nSPS) is 12.4. The molecule has 14 heavy (non-hydrogen) atoms. The van der Waals surface area contributed by atoms with Crippen LogP contribution in [0.25, 0.3) is 0 Å². The third-order valence-electron chi connectivity index (χ3n) is 2.26. The molecule has 0 amide bonds. The summed E-state index contributed by atoms with van der Waals surface area (Å²) >= 11 is 0. The topological polar surface area (TPSA) is 46.2 Å². The van der Waals surface area contributed by atoms with E-state index < -0.39 is 0 Å². The van der Waals surface area contributed by atoms with Crippen molar-refractivity contribution < 1.29 is 5.11 Å². The molecule has 3 N–H and O–H groups in total. The summed E-state index contributed by atoms with van der Waals surface area (Å²) in [4.78, 5) is 0. The lowest BCUT2D eigenvalue weighted by Gasteiger charge is -2.13. The van der Waals surface area contributed by atoms with Gasteiger partial charge < -0.3 is 10.8 Å². The Kier molecular flexibility index (Phi) is 3.72. The van der Waals surface area contributed by atoms with E-state index in [2.05, 4.69) is 6.58 Å². The maximum Gasteiger partial charge on any atom is 0.120 e. The van der Waals surface area contributed by atoms with Crippen molar-refractivity contribution in [3.05, 3.63) is 42.0 Å². The number of aromatic hydroxyl groups is 1. The van der Waals surface area contributed by atoms with E-state index in [4.69, 9.17) is 5.73 Å². The summed E-state index contributed by atoms with van der Waals surface area (Å²) in [6.45, 7) is 5.64. The van der Waals surface area contributed by atoms with Gasteiger partial charge in [0.2, 0.25) is 0 Å². The summed E-state index contributed by atoms with van der Waals surface area (Å²) in [7, 11) is 0. The fraction of sp³-hybridized carbons (Fsp3) is 0.333. The number of hydrogen-bond donors (Lipinski definition) is 2. The summed E-state index contributed by atoms with van der Waals surface area (Å²) in [5, 5.41) is 9.60. The van der Waals surface area contributed by atoms with Gasteiger partial charge in [-0.05, 0) is 25.8 Å². The zero-order valence-electron chi connectivity index (χ0n) is 8.53. The Hall–Kier alpha value is -1.28. The maximum absolute atomic E-state index is 9.60. The van der Waals surface area contributed by atoms with Crippen LogP contribution in [-0.2, 0) is 0 Å². The second-order valence-corrected chi connectivity index (χ2v) is 3.53. The number of phenolic OH excluding ortho intramolecular Hbond substituents is 1. The van der Waals surface area contributed by atoms with Gasteiger partial charge in [-0.3, -0.25) is 0 Å². The van der Waals surface area contributed by atoms with Crippen molar-refractivity contribution in [3.63, 3.8) is 0 Å². The standard InChI is InChI=1S/C12H17NO/c1-3-4-5-11(13)10-8-9(2)6-7-12(10)14/h3,6-8,11,14H,1,4-5,13H2,2H3/t11-/m1/s1. The summed E-state index contributed by atoms with van der Waals surface area (Å²) < 4.78 is 0. The van der Waals surface area contributed by atoms with Crippen LogP contribution in [0.5, 0.6) is 5.75 Å². The largest absolute Gasteiger partial charge is 0.508 e. The molecule has 0 heterocycles. The molecule has 1 aromatic rings. The number of allylic oxidation sites excluding steroid dienone is 1. The molecule has 1 atom stereocenters. The number of nitrogens with two attached hydrogens (primary N) is 1. The van der Waals surface area contributed by atoms with Gasteiger partial charge in [0, 0.05) is 11.6 Å². The van der Waals surface area contributed by atoms with Gasteiger partial charge in [-0.25, -0.2) is 0 Å². The second-order valence-electron chi connectivity index (χ2n) is 3.53. The minimum Gasteiger partial charge on any atom is -0.508 e. The Labute approximate surface area is 85.1 Å². The molecule has 2 nitrogen and oxygen atoms in total. The number of aryl methyl sites for hydroxylation is 1. The minimum absolute atomic E-state index is 0.104. The van der Waals surface area contributed by atoms with E-state index >= 15 is 0 Å². The molecule has 0 spiro atoms. The Morgan fingerprint density at radius 3 is 2.93 bits per heavy atom. The van der Waals surface area contributed by atoms with E-state index in [0.717, 1.165) is 24.0 Å². The molecule has 76 valence electrons. The number of benzene rings is 1. The molecule has 0 saturated heterocycles. The Bertz CT molecular complexity index is 320. The van der Waals surface area contributed by atoms with Crippen molar-refractivity contribution in [1.29, 1.82) is 0 Å². The van der Waals surface area contributed by atoms with Gasteiger partial charge >= 0.3 is 0 Å². The van der Waals surface area contributed by atoms with E-state index in [-0.39, 0.29) is 11.8 Å². The molecule has 0 radical (unpaired) electrons.